The highest BCUT2D eigenvalue weighted by atomic mass is 31.2. The minimum absolute atomic E-state index is 0.920. The first-order valence-electron chi connectivity index (χ1n) is 3.41. The second-order valence-corrected chi connectivity index (χ2v) is 6.28. The van der Waals surface area contributed by atoms with Gasteiger partial charge in [0.05, 0.1) is 7.14 Å². The SMILES string of the molecule is CP1(=O)CCC=CCC1. The van der Waals surface area contributed by atoms with Gasteiger partial charge in [-0.2, -0.15) is 0 Å². The summed E-state index contributed by atoms with van der Waals surface area (Å²) in [5.74, 6) is 0. The molecule has 1 aliphatic rings. The predicted molar refractivity (Wildman–Crippen MR) is 41.6 cm³/mol. The van der Waals surface area contributed by atoms with E-state index in [4.69, 9.17) is 0 Å². The van der Waals surface area contributed by atoms with Crippen LogP contribution in [0.5, 0.6) is 0 Å². The van der Waals surface area contributed by atoms with Crippen LogP contribution in [-0.4, -0.2) is 19.0 Å². The number of hydrogen-bond acceptors (Lipinski definition) is 1. The van der Waals surface area contributed by atoms with E-state index >= 15 is 0 Å². The quantitative estimate of drug-likeness (QED) is 0.376. The summed E-state index contributed by atoms with van der Waals surface area (Å²) >= 11 is 0. The Hall–Kier alpha value is -0.0300. The molecule has 0 aromatic heterocycles. The third-order valence-corrected chi connectivity index (χ3v) is 4.11. The summed E-state index contributed by atoms with van der Waals surface area (Å²) in [7, 11) is -1.69. The Balaban J connectivity index is 2.54. The lowest BCUT2D eigenvalue weighted by molar-refractivity contribution is 0.578. The van der Waals surface area contributed by atoms with Crippen LogP contribution in [0.15, 0.2) is 12.2 Å². The van der Waals surface area contributed by atoms with Gasteiger partial charge >= 0.3 is 0 Å². The van der Waals surface area contributed by atoms with Crippen molar-refractivity contribution in [3.63, 3.8) is 0 Å². The van der Waals surface area contributed by atoms with Crippen molar-refractivity contribution in [3.8, 4) is 0 Å². The lowest BCUT2D eigenvalue weighted by Crippen LogP contribution is -1.88. The number of hydrogen-bond donors (Lipinski definition) is 0. The Bertz CT molecular complexity index is 146. The molecule has 0 radical (unpaired) electrons. The van der Waals surface area contributed by atoms with Gasteiger partial charge in [0.1, 0.15) is 0 Å². The molecule has 0 amide bonds. The van der Waals surface area contributed by atoms with Crippen LogP contribution in [0.1, 0.15) is 12.8 Å². The molecule has 1 nitrogen and oxygen atoms in total. The van der Waals surface area contributed by atoms with Gasteiger partial charge in [0.15, 0.2) is 0 Å². The van der Waals surface area contributed by atoms with Gasteiger partial charge in [0.25, 0.3) is 0 Å². The van der Waals surface area contributed by atoms with E-state index in [0.29, 0.717) is 0 Å². The second-order valence-electron chi connectivity index (χ2n) is 2.79. The Morgan fingerprint density at radius 3 is 2.11 bits per heavy atom. The monoisotopic (exact) mass is 144 g/mol. The van der Waals surface area contributed by atoms with Gasteiger partial charge in [-0.05, 0) is 19.5 Å². The van der Waals surface area contributed by atoms with Crippen molar-refractivity contribution in [1.82, 2.24) is 0 Å². The van der Waals surface area contributed by atoms with Gasteiger partial charge in [-0.25, -0.2) is 0 Å². The molecule has 1 heterocycles. The zero-order chi connectivity index (χ0) is 6.74. The van der Waals surface area contributed by atoms with Crippen molar-refractivity contribution in [1.29, 1.82) is 0 Å². The second kappa shape index (κ2) is 2.70. The summed E-state index contributed by atoms with van der Waals surface area (Å²) in [6, 6.07) is 0. The van der Waals surface area contributed by atoms with Gasteiger partial charge in [-0.15, -0.1) is 0 Å². The maximum absolute atomic E-state index is 11.4. The Morgan fingerprint density at radius 1 is 1.22 bits per heavy atom. The van der Waals surface area contributed by atoms with Crippen LogP contribution in [0.3, 0.4) is 0 Å². The van der Waals surface area contributed by atoms with Crippen molar-refractivity contribution in [3.05, 3.63) is 12.2 Å². The molecule has 2 heteroatoms. The largest absolute Gasteiger partial charge is 0.324 e. The fraction of sp³-hybridized carbons (Fsp3) is 0.714. The maximum atomic E-state index is 11.4. The average molecular weight is 144 g/mol. The van der Waals surface area contributed by atoms with Crippen LogP contribution in [0.25, 0.3) is 0 Å². The lowest BCUT2D eigenvalue weighted by atomic mass is 10.4. The van der Waals surface area contributed by atoms with E-state index in [1.165, 1.54) is 0 Å². The molecule has 0 atom stereocenters. The molecule has 0 aliphatic carbocycles. The van der Waals surface area contributed by atoms with E-state index in [1.807, 2.05) is 6.66 Å². The van der Waals surface area contributed by atoms with Crippen molar-refractivity contribution in [2.45, 2.75) is 12.8 Å². The van der Waals surface area contributed by atoms with E-state index in [0.717, 1.165) is 25.2 Å². The third-order valence-electron chi connectivity index (χ3n) is 1.70. The van der Waals surface area contributed by atoms with Crippen LogP contribution in [0.2, 0.25) is 0 Å². The molecule has 0 aromatic rings. The lowest BCUT2D eigenvalue weighted by Gasteiger charge is -2.06. The molecule has 1 aliphatic heterocycles. The minimum atomic E-state index is -1.69. The molecule has 0 aromatic carbocycles. The summed E-state index contributed by atoms with van der Waals surface area (Å²) < 4.78 is 11.4. The molecule has 0 unspecified atom stereocenters. The van der Waals surface area contributed by atoms with Crippen LogP contribution in [0, 0.1) is 0 Å². The first-order valence-corrected chi connectivity index (χ1v) is 5.94. The number of rotatable bonds is 0. The molecular formula is C7H13OP. The summed E-state index contributed by atoms with van der Waals surface area (Å²) in [4.78, 5) is 0. The fourth-order valence-corrected chi connectivity index (χ4v) is 2.66. The molecule has 1 rings (SSSR count). The van der Waals surface area contributed by atoms with E-state index in [1.54, 1.807) is 0 Å². The summed E-state index contributed by atoms with van der Waals surface area (Å²) in [5, 5.41) is 0. The summed E-state index contributed by atoms with van der Waals surface area (Å²) in [5.41, 5.74) is 0. The summed E-state index contributed by atoms with van der Waals surface area (Å²) in [6.07, 6.45) is 8.17. The summed E-state index contributed by atoms with van der Waals surface area (Å²) in [6.45, 7) is 1.92. The van der Waals surface area contributed by atoms with Gasteiger partial charge in [-0.1, -0.05) is 12.2 Å². The first-order chi connectivity index (χ1) is 4.21. The standard InChI is InChI=1S/C7H13OP/c1-9(8)6-4-2-3-5-7-9/h2-3H,4-7H2,1H3. The number of allylic oxidation sites excluding steroid dienone is 2. The van der Waals surface area contributed by atoms with Gasteiger partial charge in [0.2, 0.25) is 0 Å². The Kier molecular flexibility index (Phi) is 2.13. The van der Waals surface area contributed by atoms with Crippen molar-refractivity contribution < 1.29 is 4.57 Å². The van der Waals surface area contributed by atoms with Crippen LogP contribution in [0.4, 0.5) is 0 Å². The molecule has 0 spiro atoms. The predicted octanol–water partition coefficient (Wildman–Crippen LogP) is 2.33. The molecule has 9 heavy (non-hydrogen) atoms. The minimum Gasteiger partial charge on any atom is -0.324 e. The smallest absolute Gasteiger partial charge is 0.0854 e. The molecule has 0 bridgehead atoms. The van der Waals surface area contributed by atoms with Gasteiger partial charge in [0, 0.05) is 12.3 Å². The van der Waals surface area contributed by atoms with Crippen LogP contribution < -0.4 is 0 Å². The van der Waals surface area contributed by atoms with E-state index in [2.05, 4.69) is 12.2 Å². The topological polar surface area (TPSA) is 17.1 Å². The molecular weight excluding hydrogens is 131 g/mol. The fourth-order valence-electron chi connectivity index (χ4n) is 1.04. The molecule has 0 saturated carbocycles. The van der Waals surface area contributed by atoms with Crippen LogP contribution >= 0.6 is 7.14 Å². The average Bonchev–Trinajstić information content (AvgIpc) is 1.92. The molecule has 0 N–H and O–H groups in total. The van der Waals surface area contributed by atoms with E-state index in [-0.39, 0.29) is 0 Å². The highest BCUT2D eigenvalue weighted by Gasteiger charge is 2.13. The maximum Gasteiger partial charge on any atom is 0.0854 e. The van der Waals surface area contributed by atoms with E-state index in [9.17, 15) is 4.57 Å². The molecule has 0 saturated heterocycles. The highest BCUT2D eigenvalue weighted by Crippen LogP contribution is 2.43. The molecule has 0 fully saturated rings. The van der Waals surface area contributed by atoms with Crippen molar-refractivity contribution in [2.75, 3.05) is 19.0 Å². The van der Waals surface area contributed by atoms with Crippen molar-refractivity contribution in [2.24, 2.45) is 0 Å². The molecule has 52 valence electrons. The normalized spacial score (nSPS) is 25.4. The Labute approximate surface area is 56.5 Å². The van der Waals surface area contributed by atoms with Gasteiger partial charge in [-0.3, -0.25) is 0 Å². The van der Waals surface area contributed by atoms with Crippen molar-refractivity contribution >= 4 is 7.14 Å². The third kappa shape index (κ3) is 2.36. The van der Waals surface area contributed by atoms with Crippen LogP contribution in [-0.2, 0) is 4.57 Å². The zero-order valence-corrected chi connectivity index (χ0v) is 6.73. The Morgan fingerprint density at radius 2 is 1.67 bits per heavy atom. The van der Waals surface area contributed by atoms with E-state index < -0.39 is 7.14 Å². The first kappa shape index (κ1) is 7.08. The highest BCUT2D eigenvalue weighted by molar-refractivity contribution is 7.63. The van der Waals surface area contributed by atoms with Gasteiger partial charge < -0.3 is 4.57 Å². The zero-order valence-electron chi connectivity index (χ0n) is 5.84.